The number of amides is 1. The lowest BCUT2D eigenvalue weighted by molar-refractivity contribution is 0.102. The minimum absolute atomic E-state index is 0.196. The van der Waals surface area contributed by atoms with Crippen LogP contribution in [0.5, 0.6) is 5.75 Å². The first-order valence-electron chi connectivity index (χ1n) is 11.0. The van der Waals surface area contributed by atoms with Gasteiger partial charge in [-0.25, -0.2) is 9.97 Å². The highest BCUT2D eigenvalue weighted by Gasteiger charge is 2.12. The van der Waals surface area contributed by atoms with Gasteiger partial charge in [-0.15, -0.1) is 0 Å². The van der Waals surface area contributed by atoms with E-state index in [4.69, 9.17) is 10.5 Å². The lowest BCUT2D eigenvalue weighted by atomic mass is 9.99. The maximum Gasteiger partial charge on any atom is 0.255 e. The van der Waals surface area contributed by atoms with Gasteiger partial charge in [-0.05, 0) is 72.1 Å². The zero-order valence-corrected chi connectivity index (χ0v) is 19.4. The maximum absolute atomic E-state index is 12.4. The Morgan fingerprint density at radius 2 is 1.62 bits per heavy atom. The predicted molar refractivity (Wildman–Crippen MR) is 137 cm³/mol. The molecule has 3 aromatic carbocycles. The van der Waals surface area contributed by atoms with E-state index < -0.39 is 0 Å². The third kappa shape index (κ3) is 5.32. The number of nitrogens with one attached hydrogen (secondary N) is 2. The van der Waals surface area contributed by atoms with Crippen molar-refractivity contribution in [3.63, 3.8) is 0 Å². The number of carbonyl (C=O) groups is 1. The van der Waals surface area contributed by atoms with E-state index in [1.165, 1.54) is 11.9 Å². The molecule has 0 aliphatic heterocycles. The Morgan fingerprint density at radius 1 is 0.912 bits per heavy atom. The van der Waals surface area contributed by atoms with Gasteiger partial charge >= 0.3 is 0 Å². The topological polar surface area (TPSA) is 102 Å². The fourth-order valence-electron chi connectivity index (χ4n) is 3.48. The van der Waals surface area contributed by atoms with Crippen LogP contribution in [0, 0.1) is 0 Å². The van der Waals surface area contributed by atoms with Crippen molar-refractivity contribution >= 4 is 28.8 Å². The molecule has 0 fully saturated rings. The zero-order valence-electron chi connectivity index (χ0n) is 19.4. The first-order chi connectivity index (χ1) is 16.4. The van der Waals surface area contributed by atoms with Gasteiger partial charge in [0.05, 0.1) is 12.8 Å². The highest BCUT2D eigenvalue weighted by atomic mass is 16.5. The van der Waals surface area contributed by atoms with Gasteiger partial charge in [0.15, 0.2) is 0 Å². The summed E-state index contributed by atoms with van der Waals surface area (Å²) in [5, 5.41) is 6.17. The number of nitrogens with zero attached hydrogens (tertiary/aromatic N) is 2. The van der Waals surface area contributed by atoms with Crippen LogP contribution in [0.4, 0.5) is 22.9 Å². The van der Waals surface area contributed by atoms with Gasteiger partial charge in [0, 0.05) is 34.3 Å². The lowest BCUT2D eigenvalue weighted by Gasteiger charge is -2.13. The maximum atomic E-state index is 12.4. The van der Waals surface area contributed by atoms with Gasteiger partial charge in [-0.1, -0.05) is 19.9 Å². The molecular weight excluding hydrogens is 426 g/mol. The molecule has 0 radical (unpaired) electrons. The number of carbonyl (C=O) groups excluding carboxylic acids is 1. The van der Waals surface area contributed by atoms with Crippen LogP contribution in [0.15, 0.2) is 79.1 Å². The van der Waals surface area contributed by atoms with E-state index in [1.54, 1.807) is 31.4 Å². The second-order valence-electron chi connectivity index (χ2n) is 8.18. The first-order valence-corrected chi connectivity index (χ1v) is 11.0. The number of nitrogens with two attached hydrogens (primary N) is 1. The molecule has 1 heterocycles. The molecule has 0 unspecified atom stereocenters. The number of hydrogen-bond donors (Lipinski definition) is 3. The van der Waals surface area contributed by atoms with Crippen LogP contribution in [0.2, 0.25) is 0 Å². The van der Waals surface area contributed by atoms with E-state index in [2.05, 4.69) is 46.6 Å². The largest absolute Gasteiger partial charge is 0.496 e. The molecule has 172 valence electrons. The van der Waals surface area contributed by atoms with Crippen molar-refractivity contribution in [1.82, 2.24) is 9.97 Å². The molecule has 34 heavy (non-hydrogen) atoms. The van der Waals surface area contributed by atoms with Gasteiger partial charge in [-0.2, -0.15) is 0 Å². The Labute approximate surface area is 199 Å². The summed E-state index contributed by atoms with van der Waals surface area (Å²) in [6.45, 7) is 4.31. The Bertz CT molecular complexity index is 1290. The van der Waals surface area contributed by atoms with E-state index in [0.29, 0.717) is 28.7 Å². The summed E-state index contributed by atoms with van der Waals surface area (Å²) in [5.41, 5.74) is 11.3. The highest BCUT2D eigenvalue weighted by molar-refractivity contribution is 6.04. The fourth-order valence-corrected chi connectivity index (χ4v) is 3.48. The molecule has 0 atom stereocenters. The molecule has 4 rings (SSSR count). The number of rotatable bonds is 7. The summed E-state index contributed by atoms with van der Waals surface area (Å²) in [4.78, 5) is 21.2. The van der Waals surface area contributed by atoms with Crippen molar-refractivity contribution in [1.29, 1.82) is 0 Å². The van der Waals surface area contributed by atoms with Crippen molar-refractivity contribution in [3.8, 4) is 17.0 Å². The number of benzene rings is 3. The Hall–Kier alpha value is -4.39. The molecule has 4 N–H and O–H groups in total. The zero-order chi connectivity index (χ0) is 24.1. The Balaban J connectivity index is 1.49. The van der Waals surface area contributed by atoms with Crippen LogP contribution in [0.25, 0.3) is 11.3 Å². The van der Waals surface area contributed by atoms with E-state index in [1.807, 2.05) is 36.4 Å². The Morgan fingerprint density at radius 3 is 2.29 bits per heavy atom. The van der Waals surface area contributed by atoms with Crippen molar-refractivity contribution in [2.24, 2.45) is 0 Å². The van der Waals surface area contributed by atoms with Crippen molar-refractivity contribution in [2.45, 2.75) is 19.8 Å². The monoisotopic (exact) mass is 453 g/mol. The normalized spacial score (nSPS) is 10.7. The van der Waals surface area contributed by atoms with Gasteiger partial charge in [-0.3, -0.25) is 4.79 Å². The number of aromatic nitrogens is 2. The summed E-state index contributed by atoms with van der Waals surface area (Å²) < 4.78 is 5.55. The van der Waals surface area contributed by atoms with Gasteiger partial charge in [0.1, 0.15) is 17.9 Å². The van der Waals surface area contributed by atoms with Gasteiger partial charge in [0.25, 0.3) is 5.91 Å². The van der Waals surface area contributed by atoms with Crippen molar-refractivity contribution in [2.75, 3.05) is 23.5 Å². The second-order valence-corrected chi connectivity index (χ2v) is 8.18. The molecule has 1 amide bonds. The number of methoxy groups -OCH3 is 1. The molecule has 0 saturated heterocycles. The van der Waals surface area contributed by atoms with Gasteiger partial charge in [0.2, 0.25) is 0 Å². The third-order valence-corrected chi connectivity index (χ3v) is 5.42. The first kappa shape index (κ1) is 22.8. The summed E-state index contributed by atoms with van der Waals surface area (Å²) >= 11 is 0. The Kier molecular flexibility index (Phi) is 6.73. The molecule has 0 bridgehead atoms. The van der Waals surface area contributed by atoms with Crippen molar-refractivity contribution in [3.05, 3.63) is 90.3 Å². The molecule has 0 saturated carbocycles. The van der Waals surface area contributed by atoms with Crippen LogP contribution in [0.3, 0.4) is 0 Å². The third-order valence-electron chi connectivity index (χ3n) is 5.42. The molecular formula is C27H27N5O2. The van der Waals surface area contributed by atoms with E-state index >= 15 is 0 Å². The van der Waals surface area contributed by atoms with E-state index in [0.717, 1.165) is 22.7 Å². The standard InChI is InChI=1S/C27H27N5O2/c1-17(2)19-6-13-25(34-3)23(14-19)24-15-26(30-16-29-24)31-21-9-11-22(12-10-21)32-27(33)18-4-7-20(28)8-5-18/h4-17H,28H2,1-3H3,(H,32,33)(H,29,30,31). The van der Waals surface area contributed by atoms with Crippen molar-refractivity contribution < 1.29 is 9.53 Å². The summed E-state index contributed by atoms with van der Waals surface area (Å²) in [5.74, 6) is 1.61. The summed E-state index contributed by atoms with van der Waals surface area (Å²) in [6, 6.07) is 22.2. The van der Waals surface area contributed by atoms with E-state index in [-0.39, 0.29) is 5.91 Å². The van der Waals surface area contributed by atoms with Crippen LogP contribution < -0.4 is 21.1 Å². The van der Waals surface area contributed by atoms with Crippen LogP contribution in [-0.4, -0.2) is 23.0 Å². The smallest absolute Gasteiger partial charge is 0.255 e. The average molecular weight is 454 g/mol. The number of anilines is 4. The summed E-state index contributed by atoms with van der Waals surface area (Å²) in [6.07, 6.45) is 1.53. The van der Waals surface area contributed by atoms with Crippen LogP contribution >= 0.6 is 0 Å². The minimum atomic E-state index is -0.196. The highest BCUT2D eigenvalue weighted by Crippen LogP contribution is 2.33. The number of nitrogen functional groups attached to an aromatic ring is 1. The number of hydrogen-bond acceptors (Lipinski definition) is 6. The molecule has 7 heteroatoms. The second kappa shape index (κ2) is 10.0. The fraction of sp³-hybridized carbons (Fsp3) is 0.148. The average Bonchev–Trinajstić information content (AvgIpc) is 2.85. The van der Waals surface area contributed by atoms with Gasteiger partial charge < -0.3 is 21.1 Å². The minimum Gasteiger partial charge on any atom is -0.496 e. The predicted octanol–water partition coefficient (Wildman–Crippen LogP) is 5.85. The molecule has 0 aliphatic carbocycles. The lowest BCUT2D eigenvalue weighted by Crippen LogP contribution is -2.11. The quantitative estimate of drug-likeness (QED) is 0.303. The van der Waals surface area contributed by atoms with Crippen LogP contribution in [0.1, 0.15) is 35.7 Å². The molecule has 7 nitrogen and oxygen atoms in total. The molecule has 1 aromatic heterocycles. The van der Waals surface area contributed by atoms with Crippen LogP contribution in [-0.2, 0) is 0 Å². The molecule has 0 spiro atoms. The SMILES string of the molecule is COc1ccc(C(C)C)cc1-c1cc(Nc2ccc(NC(=O)c3ccc(N)cc3)cc2)ncn1. The molecule has 0 aliphatic rings. The summed E-state index contributed by atoms with van der Waals surface area (Å²) in [7, 11) is 1.65. The molecule has 4 aromatic rings. The number of ether oxygens (including phenoxy) is 1. The van der Waals surface area contributed by atoms with E-state index in [9.17, 15) is 4.79 Å².